The van der Waals surface area contributed by atoms with Crippen LogP contribution in [0.15, 0.2) is 48.5 Å². The number of hydrogen-bond donors (Lipinski definition) is 1. The van der Waals surface area contributed by atoms with E-state index in [9.17, 15) is 4.79 Å². The fourth-order valence-electron chi connectivity index (χ4n) is 4.02. The van der Waals surface area contributed by atoms with Crippen LogP contribution >= 0.6 is 11.6 Å². The molecule has 1 N–H and O–H groups in total. The minimum atomic E-state index is 0.108. The molecule has 3 aromatic rings. The summed E-state index contributed by atoms with van der Waals surface area (Å²) in [5.41, 5.74) is 3.39. The molecule has 5 nitrogen and oxygen atoms in total. The molecular weight excluding hydrogens is 384 g/mol. The topological polar surface area (TPSA) is 50.2 Å². The lowest BCUT2D eigenvalue weighted by Crippen LogP contribution is -2.41. The number of aromatic nitrogens is 2. The summed E-state index contributed by atoms with van der Waals surface area (Å²) in [7, 11) is 2.07. The second kappa shape index (κ2) is 8.97. The summed E-state index contributed by atoms with van der Waals surface area (Å²) in [6.45, 7) is 3.35. The molecule has 1 aliphatic rings. The fraction of sp³-hybridized carbons (Fsp3) is 0.391. The average molecular weight is 411 g/mol. The molecule has 0 radical (unpaired) electrons. The van der Waals surface area contributed by atoms with E-state index >= 15 is 0 Å². The van der Waals surface area contributed by atoms with Crippen molar-refractivity contribution < 1.29 is 4.79 Å². The molecule has 1 aromatic heterocycles. The Labute approximate surface area is 176 Å². The molecule has 0 aliphatic carbocycles. The zero-order valence-electron chi connectivity index (χ0n) is 16.8. The van der Waals surface area contributed by atoms with E-state index in [4.69, 9.17) is 16.6 Å². The molecule has 152 valence electrons. The van der Waals surface area contributed by atoms with Crippen LogP contribution in [0, 0.1) is 5.92 Å². The summed E-state index contributed by atoms with van der Waals surface area (Å²) < 4.78 is 2.17. The minimum Gasteiger partial charge on any atom is -0.356 e. The summed E-state index contributed by atoms with van der Waals surface area (Å²) in [5.74, 6) is 1.37. The van der Waals surface area contributed by atoms with Crippen molar-refractivity contribution in [2.75, 3.05) is 19.6 Å². The van der Waals surface area contributed by atoms with Gasteiger partial charge in [-0.1, -0.05) is 35.9 Å². The van der Waals surface area contributed by atoms with Gasteiger partial charge in [-0.25, -0.2) is 4.98 Å². The number of halogens is 1. The molecule has 1 fully saturated rings. The first-order chi connectivity index (χ1) is 14.1. The maximum Gasteiger partial charge on any atom is 0.223 e. The van der Waals surface area contributed by atoms with Crippen LogP contribution in [0.4, 0.5) is 0 Å². The van der Waals surface area contributed by atoms with Gasteiger partial charge in [0, 0.05) is 24.5 Å². The van der Waals surface area contributed by atoms with Gasteiger partial charge in [0.1, 0.15) is 5.82 Å². The molecule has 1 aliphatic heterocycles. The Balaban J connectivity index is 1.23. The largest absolute Gasteiger partial charge is 0.356 e. The lowest BCUT2D eigenvalue weighted by Gasteiger charge is -2.31. The van der Waals surface area contributed by atoms with Gasteiger partial charge in [-0.05, 0) is 62.2 Å². The number of nitrogens with one attached hydrogen (secondary N) is 1. The third-order valence-electron chi connectivity index (χ3n) is 5.83. The Hall–Kier alpha value is -2.37. The summed E-state index contributed by atoms with van der Waals surface area (Å²) in [6.07, 6.45) is 2.63. The molecule has 2 heterocycles. The van der Waals surface area contributed by atoms with E-state index in [-0.39, 0.29) is 11.8 Å². The Bertz CT molecular complexity index is 974. The molecule has 0 saturated carbocycles. The van der Waals surface area contributed by atoms with Gasteiger partial charge in [-0.15, -0.1) is 0 Å². The molecular formula is C23H27ClN4O. The molecule has 0 atom stereocenters. The van der Waals surface area contributed by atoms with Crippen LogP contribution in [-0.2, 0) is 24.8 Å². The average Bonchev–Trinajstić information content (AvgIpc) is 3.05. The third kappa shape index (κ3) is 4.80. The number of aryl methyl sites for hydroxylation is 1. The van der Waals surface area contributed by atoms with Crippen molar-refractivity contribution in [1.82, 2.24) is 19.8 Å². The van der Waals surface area contributed by atoms with E-state index in [0.29, 0.717) is 6.54 Å². The number of para-hydroxylation sites is 2. The quantitative estimate of drug-likeness (QED) is 0.672. The molecule has 6 heteroatoms. The lowest BCUT2D eigenvalue weighted by atomic mass is 9.96. The first-order valence-electron chi connectivity index (χ1n) is 10.2. The van der Waals surface area contributed by atoms with Gasteiger partial charge >= 0.3 is 0 Å². The standard InChI is InChI=1S/C23H27ClN4O/c1-27-21-5-3-2-4-20(21)26-22(27)16-28-14-11-18(12-15-28)23(29)25-13-10-17-6-8-19(24)9-7-17/h2-9,18H,10-16H2,1H3,(H,25,29). The number of piperidine rings is 1. The van der Waals surface area contributed by atoms with Crippen molar-refractivity contribution in [3.63, 3.8) is 0 Å². The Morgan fingerprint density at radius 3 is 2.59 bits per heavy atom. The summed E-state index contributed by atoms with van der Waals surface area (Å²) >= 11 is 5.91. The fourth-order valence-corrected chi connectivity index (χ4v) is 4.14. The molecule has 2 aromatic carbocycles. The van der Waals surface area contributed by atoms with Crippen LogP contribution in [-0.4, -0.2) is 40.0 Å². The zero-order chi connectivity index (χ0) is 20.2. The van der Waals surface area contributed by atoms with Crippen LogP contribution in [0.2, 0.25) is 5.02 Å². The normalized spacial score (nSPS) is 15.7. The van der Waals surface area contributed by atoms with Crippen molar-refractivity contribution in [1.29, 1.82) is 0 Å². The predicted octanol–water partition coefficient (Wildman–Crippen LogP) is 3.80. The highest BCUT2D eigenvalue weighted by atomic mass is 35.5. The van der Waals surface area contributed by atoms with E-state index in [2.05, 4.69) is 34.0 Å². The van der Waals surface area contributed by atoms with Crippen molar-refractivity contribution in [3.8, 4) is 0 Å². The second-order valence-electron chi connectivity index (χ2n) is 7.79. The van der Waals surface area contributed by atoms with Crippen molar-refractivity contribution >= 4 is 28.5 Å². The smallest absolute Gasteiger partial charge is 0.223 e. The lowest BCUT2D eigenvalue weighted by molar-refractivity contribution is -0.126. The van der Waals surface area contributed by atoms with E-state index in [1.54, 1.807) is 0 Å². The number of fused-ring (bicyclic) bond motifs is 1. The van der Waals surface area contributed by atoms with Crippen molar-refractivity contribution in [2.24, 2.45) is 13.0 Å². The monoisotopic (exact) mass is 410 g/mol. The summed E-state index contributed by atoms with van der Waals surface area (Å²) in [4.78, 5) is 19.7. The maximum atomic E-state index is 12.5. The Kier molecular flexibility index (Phi) is 6.16. The number of amides is 1. The predicted molar refractivity (Wildman–Crippen MR) is 117 cm³/mol. The number of nitrogens with zero attached hydrogens (tertiary/aromatic N) is 3. The molecule has 29 heavy (non-hydrogen) atoms. The van der Waals surface area contributed by atoms with Gasteiger partial charge in [0.15, 0.2) is 0 Å². The van der Waals surface area contributed by atoms with Crippen LogP contribution < -0.4 is 5.32 Å². The SMILES string of the molecule is Cn1c(CN2CCC(C(=O)NCCc3ccc(Cl)cc3)CC2)nc2ccccc21. The summed E-state index contributed by atoms with van der Waals surface area (Å²) in [5, 5.41) is 3.84. The molecule has 0 unspecified atom stereocenters. The number of hydrogen-bond acceptors (Lipinski definition) is 3. The zero-order valence-corrected chi connectivity index (χ0v) is 17.5. The van der Waals surface area contributed by atoms with Crippen molar-refractivity contribution in [3.05, 3.63) is 64.9 Å². The van der Waals surface area contributed by atoms with Crippen LogP contribution in [0.5, 0.6) is 0 Å². The number of carbonyl (C=O) groups is 1. The molecule has 0 spiro atoms. The van der Waals surface area contributed by atoms with E-state index in [1.807, 2.05) is 36.4 Å². The van der Waals surface area contributed by atoms with Crippen LogP contribution in [0.3, 0.4) is 0 Å². The van der Waals surface area contributed by atoms with Gasteiger partial charge in [0.2, 0.25) is 5.91 Å². The van der Waals surface area contributed by atoms with E-state index < -0.39 is 0 Å². The van der Waals surface area contributed by atoms with Gasteiger partial charge in [0.05, 0.1) is 17.6 Å². The first kappa shape index (κ1) is 19.9. The highest BCUT2D eigenvalue weighted by Gasteiger charge is 2.25. The van der Waals surface area contributed by atoms with Gasteiger partial charge in [-0.3, -0.25) is 9.69 Å². The first-order valence-corrected chi connectivity index (χ1v) is 10.6. The number of likely N-dealkylation sites (tertiary alicyclic amines) is 1. The maximum absolute atomic E-state index is 12.5. The molecule has 4 rings (SSSR count). The number of rotatable bonds is 6. The van der Waals surface area contributed by atoms with Crippen LogP contribution in [0.25, 0.3) is 11.0 Å². The Morgan fingerprint density at radius 2 is 1.86 bits per heavy atom. The highest BCUT2D eigenvalue weighted by molar-refractivity contribution is 6.30. The summed E-state index contributed by atoms with van der Waals surface area (Å²) in [6, 6.07) is 16.0. The Morgan fingerprint density at radius 1 is 1.14 bits per heavy atom. The van der Waals surface area contributed by atoms with Gasteiger partial charge in [0.25, 0.3) is 0 Å². The number of benzene rings is 2. The molecule has 1 amide bonds. The number of imidazole rings is 1. The van der Waals surface area contributed by atoms with Gasteiger partial charge in [-0.2, -0.15) is 0 Å². The minimum absolute atomic E-state index is 0.108. The van der Waals surface area contributed by atoms with Gasteiger partial charge < -0.3 is 9.88 Å². The van der Waals surface area contributed by atoms with E-state index in [1.165, 1.54) is 5.56 Å². The highest BCUT2D eigenvalue weighted by Crippen LogP contribution is 2.21. The van der Waals surface area contributed by atoms with E-state index in [0.717, 1.165) is 60.8 Å². The molecule has 1 saturated heterocycles. The van der Waals surface area contributed by atoms with Crippen LogP contribution in [0.1, 0.15) is 24.2 Å². The number of carbonyl (C=O) groups excluding carboxylic acids is 1. The molecule has 0 bridgehead atoms. The second-order valence-corrected chi connectivity index (χ2v) is 8.23. The van der Waals surface area contributed by atoms with Crippen molar-refractivity contribution in [2.45, 2.75) is 25.8 Å². The third-order valence-corrected chi connectivity index (χ3v) is 6.08.